The lowest BCUT2D eigenvalue weighted by atomic mass is 10.2. The van der Waals surface area contributed by atoms with E-state index in [2.05, 4.69) is 9.62 Å². The number of ether oxygens (including phenoxy) is 1. The highest BCUT2D eigenvalue weighted by molar-refractivity contribution is 7.87. The van der Waals surface area contributed by atoms with Gasteiger partial charge in [-0.3, -0.25) is 4.90 Å². The summed E-state index contributed by atoms with van der Waals surface area (Å²) in [5, 5.41) is 0. The molecule has 0 amide bonds. The topological polar surface area (TPSA) is 61.9 Å². The molecular weight excluding hydrogens is 314 g/mol. The average Bonchev–Trinajstić information content (AvgIpc) is 3.08. The van der Waals surface area contributed by atoms with Crippen molar-refractivity contribution in [3.8, 4) is 0 Å². The van der Waals surface area contributed by atoms with Gasteiger partial charge in [0.05, 0.1) is 6.10 Å². The van der Waals surface area contributed by atoms with Gasteiger partial charge in [0.15, 0.2) is 0 Å². The van der Waals surface area contributed by atoms with E-state index in [1.54, 1.807) is 4.31 Å². The first-order chi connectivity index (χ1) is 11.1. The number of nitrogens with zero attached hydrogens (tertiary/aromatic N) is 2. The van der Waals surface area contributed by atoms with E-state index in [0.29, 0.717) is 25.7 Å². The number of rotatable bonds is 6. The standard InChI is InChI=1S/C16H25N3O3S/c20-23(21,17-13-15-5-2-1-3-6-15)19-10-8-18(9-11-19)14-16-7-4-12-22-16/h1-3,5-6,16-17H,4,7-14H2. The molecule has 0 radical (unpaired) electrons. The van der Waals surface area contributed by atoms with Crippen molar-refractivity contribution in [2.75, 3.05) is 39.3 Å². The fourth-order valence-electron chi connectivity index (χ4n) is 3.09. The molecule has 128 valence electrons. The van der Waals surface area contributed by atoms with Crippen LogP contribution in [0.15, 0.2) is 30.3 Å². The van der Waals surface area contributed by atoms with Gasteiger partial charge in [0.1, 0.15) is 0 Å². The van der Waals surface area contributed by atoms with E-state index in [4.69, 9.17) is 4.74 Å². The second-order valence-electron chi connectivity index (χ2n) is 6.15. The third-order valence-corrected chi connectivity index (χ3v) is 6.01. The minimum atomic E-state index is -3.41. The molecule has 2 aliphatic heterocycles. The van der Waals surface area contributed by atoms with Gasteiger partial charge in [0, 0.05) is 45.9 Å². The van der Waals surface area contributed by atoms with Crippen LogP contribution in [-0.4, -0.2) is 63.1 Å². The Morgan fingerprint density at radius 3 is 2.52 bits per heavy atom. The molecule has 7 heteroatoms. The predicted octanol–water partition coefficient (Wildman–Crippen LogP) is 0.818. The second kappa shape index (κ2) is 7.72. The SMILES string of the molecule is O=S(=O)(NCc1ccccc1)N1CCN(CC2CCCO2)CC1. The van der Waals surface area contributed by atoms with Gasteiger partial charge in [-0.05, 0) is 18.4 Å². The molecule has 2 saturated heterocycles. The van der Waals surface area contributed by atoms with Crippen molar-refractivity contribution < 1.29 is 13.2 Å². The lowest BCUT2D eigenvalue weighted by molar-refractivity contribution is 0.0616. The molecule has 1 aromatic carbocycles. The van der Waals surface area contributed by atoms with Gasteiger partial charge in [0.2, 0.25) is 0 Å². The zero-order valence-corrected chi connectivity index (χ0v) is 14.2. The maximum atomic E-state index is 12.4. The van der Waals surface area contributed by atoms with E-state index in [0.717, 1.165) is 44.6 Å². The lowest BCUT2D eigenvalue weighted by Crippen LogP contribution is -2.52. The van der Waals surface area contributed by atoms with Crippen LogP contribution in [0.2, 0.25) is 0 Å². The van der Waals surface area contributed by atoms with Crippen molar-refractivity contribution in [3.05, 3.63) is 35.9 Å². The molecule has 6 nitrogen and oxygen atoms in total. The molecule has 2 aliphatic rings. The van der Waals surface area contributed by atoms with Crippen LogP contribution in [0.25, 0.3) is 0 Å². The van der Waals surface area contributed by atoms with Crippen LogP contribution >= 0.6 is 0 Å². The Morgan fingerprint density at radius 1 is 1.13 bits per heavy atom. The molecule has 0 spiro atoms. The molecule has 0 aromatic heterocycles. The van der Waals surface area contributed by atoms with Crippen LogP contribution < -0.4 is 4.72 Å². The van der Waals surface area contributed by atoms with Crippen LogP contribution in [0, 0.1) is 0 Å². The quantitative estimate of drug-likeness (QED) is 0.833. The number of hydrogen-bond acceptors (Lipinski definition) is 4. The Kier molecular flexibility index (Phi) is 5.66. The fourth-order valence-corrected chi connectivity index (χ4v) is 4.27. The summed E-state index contributed by atoms with van der Waals surface area (Å²) in [6.07, 6.45) is 2.59. The maximum absolute atomic E-state index is 12.4. The highest BCUT2D eigenvalue weighted by Crippen LogP contribution is 2.15. The summed E-state index contributed by atoms with van der Waals surface area (Å²) in [7, 11) is -3.41. The van der Waals surface area contributed by atoms with Crippen LogP contribution in [0.4, 0.5) is 0 Å². The summed E-state index contributed by atoms with van der Waals surface area (Å²) >= 11 is 0. The summed E-state index contributed by atoms with van der Waals surface area (Å²) in [6.45, 7) is 4.74. The van der Waals surface area contributed by atoms with E-state index in [9.17, 15) is 8.42 Å². The molecule has 0 bridgehead atoms. The van der Waals surface area contributed by atoms with Gasteiger partial charge in [-0.25, -0.2) is 0 Å². The summed E-state index contributed by atoms with van der Waals surface area (Å²) in [5.41, 5.74) is 0.966. The van der Waals surface area contributed by atoms with Gasteiger partial charge in [-0.2, -0.15) is 17.4 Å². The van der Waals surface area contributed by atoms with E-state index < -0.39 is 10.2 Å². The number of benzene rings is 1. The van der Waals surface area contributed by atoms with Crippen molar-refractivity contribution in [1.82, 2.24) is 13.9 Å². The third kappa shape index (κ3) is 4.74. The van der Waals surface area contributed by atoms with E-state index in [1.807, 2.05) is 30.3 Å². The molecule has 3 rings (SSSR count). The number of piperazine rings is 1. The Labute approximate surface area is 138 Å². The van der Waals surface area contributed by atoms with E-state index in [-0.39, 0.29) is 0 Å². The van der Waals surface area contributed by atoms with Crippen LogP contribution in [-0.2, 0) is 21.5 Å². The second-order valence-corrected chi connectivity index (χ2v) is 7.90. The zero-order valence-electron chi connectivity index (χ0n) is 13.4. The first kappa shape index (κ1) is 16.9. The molecule has 0 saturated carbocycles. The van der Waals surface area contributed by atoms with E-state index in [1.165, 1.54) is 0 Å². The Balaban J connectivity index is 1.46. The normalized spacial score (nSPS) is 24.1. The van der Waals surface area contributed by atoms with Crippen LogP contribution in [0.1, 0.15) is 18.4 Å². The summed E-state index contributed by atoms with van der Waals surface area (Å²) in [6, 6.07) is 9.58. The molecule has 0 aliphatic carbocycles. The molecule has 1 atom stereocenters. The molecule has 1 N–H and O–H groups in total. The molecular formula is C16H25N3O3S. The highest BCUT2D eigenvalue weighted by Gasteiger charge is 2.28. The number of nitrogens with one attached hydrogen (secondary N) is 1. The Morgan fingerprint density at radius 2 is 1.87 bits per heavy atom. The third-order valence-electron chi connectivity index (χ3n) is 4.46. The van der Waals surface area contributed by atoms with E-state index >= 15 is 0 Å². The lowest BCUT2D eigenvalue weighted by Gasteiger charge is -2.34. The fraction of sp³-hybridized carbons (Fsp3) is 0.625. The summed E-state index contributed by atoms with van der Waals surface area (Å²) in [5.74, 6) is 0. The predicted molar refractivity (Wildman–Crippen MR) is 89.2 cm³/mol. The van der Waals surface area contributed by atoms with Crippen molar-refractivity contribution in [2.24, 2.45) is 0 Å². The number of hydrogen-bond donors (Lipinski definition) is 1. The van der Waals surface area contributed by atoms with Gasteiger partial charge in [0.25, 0.3) is 10.2 Å². The Bertz CT molecular complexity index is 580. The van der Waals surface area contributed by atoms with Crippen molar-refractivity contribution in [1.29, 1.82) is 0 Å². The molecule has 2 fully saturated rings. The first-order valence-electron chi connectivity index (χ1n) is 8.26. The van der Waals surface area contributed by atoms with Gasteiger partial charge >= 0.3 is 0 Å². The zero-order chi connectivity index (χ0) is 16.1. The highest BCUT2D eigenvalue weighted by atomic mass is 32.2. The Hall–Kier alpha value is -0.990. The summed E-state index contributed by atoms with van der Waals surface area (Å²) in [4.78, 5) is 2.30. The average molecular weight is 339 g/mol. The molecule has 1 unspecified atom stereocenters. The smallest absolute Gasteiger partial charge is 0.279 e. The van der Waals surface area contributed by atoms with Gasteiger partial charge < -0.3 is 4.74 Å². The van der Waals surface area contributed by atoms with Crippen molar-refractivity contribution in [3.63, 3.8) is 0 Å². The van der Waals surface area contributed by atoms with Gasteiger partial charge in [-0.1, -0.05) is 30.3 Å². The molecule has 1 aromatic rings. The van der Waals surface area contributed by atoms with Crippen LogP contribution in [0.3, 0.4) is 0 Å². The minimum absolute atomic E-state index is 0.328. The largest absolute Gasteiger partial charge is 0.377 e. The van der Waals surface area contributed by atoms with Gasteiger partial charge in [-0.15, -0.1) is 0 Å². The molecule has 2 heterocycles. The summed E-state index contributed by atoms with van der Waals surface area (Å²) < 4.78 is 34.6. The van der Waals surface area contributed by atoms with Crippen LogP contribution in [0.5, 0.6) is 0 Å². The van der Waals surface area contributed by atoms with Crippen molar-refractivity contribution in [2.45, 2.75) is 25.5 Å². The first-order valence-corrected chi connectivity index (χ1v) is 9.70. The molecule has 23 heavy (non-hydrogen) atoms. The van der Waals surface area contributed by atoms with Crippen molar-refractivity contribution >= 4 is 10.2 Å². The minimum Gasteiger partial charge on any atom is -0.377 e. The maximum Gasteiger partial charge on any atom is 0.279 e. The monoisotopic (exact) mass is 339 g/mol.